The molecule has 1 saturated heterocycles. The summed E-state index contributed by atoms with van der Waals surface area (Å²) in [5.74, 6) is 0.440. The highest BCUT2D eigenvalue weighted by Gasteiger charge is 2.32. The largest absolute Gasteiger partial charge is 0.368 e. The Morgan fingerprint density at radius 3 is 2.55 bits per heavy atom. The zero-order chi connectivity index (χ0) is 23.8. The predicted molar refractivity (Wildman–Crippen MR) is 133 cm³/mol. The van der Waals surface area contributed by atoms with Crippen molar-refractivity contribution in [2.24, 2.45) is 9.81 Å². The number of carbonyl (C=O) groups is 1. The molecule has 1 fully saturated rings. The number of piperazine rings is 1. The Balaban J connectivity index is 1.37. The fourth-order valence-corrected chi connectivity index (χ4v) is 5.71. The maximum Gasteiger partial charge on any atom is 0.286 e. The van der Waals surface area contributed by atoms with Crippen molar-refractivity contribution in [1.82, 2.24) is 4.90 Å². The molecule has 2 aliphatic heterocycles. The lowest BCUT2D eigenvalue weighted by Crippen LogP contribution is -2.49. The van der Waals surface area contributed by atoms with E-state index in [2.05, 4.69) is 21.5 Å². The summed E-state index contributed by atoms with van der Waals surface area (Å²) in [6.07, 6.45) is 0.666. The fourth-order valence-electron chi connectivity index (χ4n) is 4.40. The molecular formula is C24H29ClN4O3S. The standard InChI is InChI=1S/C24H29ClN4O3S/c1-17-8-9-18(25)14-20(17)28-10-12-29(13-11-28)23(30)16-24(2,3)15-22-26-19-6-4-5-7-21(19)33(31,32)27-22/h4-9,14H,10-13,15-16H2,1-3H3,(H,26,27). The summed E-state index contributed by atoms with van der Waals surface area (Å²) in [5, 5.41) is 3.83. The van der Waals surface area contributed by atoms with Gasteiger partial charge in [-0.05, 0) is 42.2 Å². The summed E-state index contributed by atoms with van der Waals surface area (Å²) in [6.45, 7) is 8.77. The molecule has 2 aromatic carbocycles. The Morgan fingerprint density at radius 2 is 1.82 bits per heavy atom. The Labute approximate surface area is 200 Å². The van der Waals surface area contributed by atoms with Gasteiger partial charge in [0.25, 0.3) is 10.0 Å². The van der Waals surface area contributed by atoms with E-state index in [0.29, 0.717) is 42.5 Å². The molecule has 2 aromatic rings. The van der Waals surface area contributed by atoms with Crippen LogP contribution in [0.15, 0.2) is 51.8 Å². The van der Waals surface area contributed by atoms with Gasteiger partial charge in [-0.3, -0.25) is 4.79 Å². The number of benzene rings is 2. The van der Waals surface area contributed by atoms with Crippen LogP contribution in [0.4, 0.5) is 11.4 Å². The van der Waals surface area contributed by atoms with Crippen LogP contribution in [0, 0.1) is 12.3 Å². The van der Waals surface area contributed by atoms with E-state index in [1.807, 2.05) is 36.9 Å². The quantitative estimate of drug-likeness (QED) is 0.677. The Hall–Kier alpha value is -2.58. The summed E-state index contributed by atoms with van der Waals surface area (Å²) in [6, 6.07) is 12.6. The van der Waals surface area contributed by atoms with E-state index in [0.717, 1.165) is 24.3 Å². The van der Waals surface area contributed by atoms with Gasteiger partial charge in [0.05, 0.1) is 5.69 Å². The number of amides is 1. The minimum atomic E-state index is -3.74. The number of anilines is 2. The highest BCUT2D eigenvalue weighted by atomic mass is 35.5. The summed E-state index contributed by atoms with van der Waals surface area (Å²) in [5.41, 5.74) is 2.35. The number of hydrogen-bond acceptors (Lipinski definition) is 5. The first-order chi connectivity index (χ1) is 15.5. The molecule has 0 bridgehead atoms. The van der Waals surface area contributed by atoms with Crippen LogP contribution in [0.25, 0.3) is 0 Å². The van der Waals surface area contributed by atoms with Gasteiger partial charge < -0.3 is 15.1 Å². The first-order valence-electron chi connectivity index (χ1n) is 11.0. The van der Waals surface area contributed by atoms with Crippen molar-refractivity contribution >= 4 is 44.7 Å². The van der Waals surface area contributed by atoms with E-state index in [4.69, 9.17) is 11.6 Å². The van der Waals surface area contributed by atoms with E-state index in [-0.39, 0.29) is 10.8 Å². The molecule has 2 aliphatic rings. The predicted octanol–water partition coefficient (Wildman–Crippen LogP) is 4.32. The second-order valence-electron chi connectivity index (χ2n) is 9.45. The Bertz CT molecular complexity index is 1200. The van der Waals surface area contributed by atoms with Crippen LogP contribution >= 0.6 is 11.6 Å². The second kappa shape index (κ2) is 8.99. The SMILES string of the molecule is Cc1ccc(Cl)cc1N1CCN(C(=O)CC(C)(C)CC2=NS(=O)(=O)c3ccccc3N2)CC1. The highest BCUT2D eigenvalue weighted by molar-refractivity contribution is 7.90. The monoisotopic (exact) mass is 488 g/mol. The van der Waals surface area contributed by atoms with Gasteiger partial charge >= 0.3 is 0 Å². The van der Waals surface area contributed by atoms with Crippen molar-refractivity contribution in [1.29, 1.82) is 0 Å². The Morgan fingerprint density at radius 1 is 1.12 bits per heavy atom. The van der Waals surface area contributed by atoms with Gasteiger partial charge in [-0.15, -0.1) is 4.40 Å². The van der Waals surface area contributed by atoms with Crippen LogP contribution in [0.5, 0.6) is 0 Å². The average Bonchev–Trinajstić information content (AvgIpc) is 2.74. The molecule has 0 aromatic heterocycles. The smallest absolute Gasteiger partial charge is 0.286 e. The van der Waals surface area contributed by atoms with Crippen molar-refractivity contribution in [3.05, 3.63) is 53.1 Å². The molecule has 0 radical (unpaired) electrons. The lowest BCUT2D eigenvalue weighted by molar-refractivity contribution is -0.133. The van der Waals surface area contributed by atoms with Gasteiger partial charge in [-0.1, -0.05) is 43.6 Å². The van der Waals surface area contributed by atoms with E-state index in [1.165, 1.54) is 6.07 Å². The number of para-hydroxylation sites is 1. The van der Waals surface area contributed by atoms with Gasteiger partial charge in [-0.25, -0.2) is 0 Å². The van der Waals surface area contributed by atoms with E-state index in [1.54, 1.807) is 18.2 Å². The molecule has 176 valence electrons. The minimum Gasteiger partial charge on any atom is -0.368 e. The average molecular weight is 489 g/mol. The number of amidine groups is 1. The van der Waals surface area contributed by atoms with Gasteiger partial charge in [0, 0.05) is 49.7 Å². The van der Waals surface area contributed by atoms with Crippen molar-refractivity contribution in [3.8, 4) is 0 Å². The summed E-state index contributed by atoms with van der Waals surface area (Å²) in [4.78, 5) is 17.4. The topological polar surface area (TPSA) is 82.1 Å². The van der Waals surface area contributed by atoms with E-state index >= 15 is 0 Å². The van der Waals surface area contributed by atoms with Crippen molar-refractivity contribution < 1.29 is 13.2 Å². The van der Waals surface area contributed by atoms with Crippen LogP contribution in [0.1, 0.15) is 32.3 Å². The third-order valence-electron chi connectivity index (χ3n) is 6.09. The molecule has 2 heterocycles. The Kier molecular flexibility index (Phi) is 6.42. The molecule has 1 amide bonds. The van der Waals surface area contributed by atoms with Crippen LogP contribution in [0.2, 0.25) is 5.02 Å². The van der Waals surface area contributed by atoms with E-state index in [9.17, 15) is 13.2 Å². The lowest BCUT2D eigenvalue weighted by atomic mass is 9.84. The molecule has 0 unspecified atom stereocenters. The molecule has 0 saturated carbocycles. The van der Waals surface area contributed by atoms with Crippen LogP contribution < -0.4 is 10.2 Å². The molecule has 0 aliphatic carbocycles. The number of fused-ring (bicyclic) bond motifs is 1. The fraction of sp³-hybridized carbons (Fsp3) is 0.417. The molecule has 0 atom stereocenters. The number of rotatable bonds is 5. The van der Waals surface area contributed by atoms with Crippen LogP contribution in [-0.2, 0) is 14.8 Å². The third kappa shape index (κ3) is 5.33. The maximum atomic E-state index is 13.1. The van der Waals surface area contributed by atoms with Crippen LogP contribution in [0.3, 0.4) is 0 Å². The highest BCUT2D eigenvalue weighted by Crippen LogP contribution is 2.33. The number of halogens is 1. The number of nitrogens with zero attached hydrogens (tertiary/aromatic N) is 3. The molecule has 9 heteroatoms. The van der Waals surface area contributed by atoms with Crippen molar-refractivity contribution in [2.75, 3.05) is 36.4 Å². The summed E-state index contributed by atoms with van der Waals surface area (Å²) >= 11 is 6.17. The first kappa shape index (κ1) is 23.6. The lowest BCUT2D eigenvalue weighted by Gasteiger charge is -2.38. The van der Waals surface area contributed by atoms with Gasteiger partial charge in [0.1, 0.15) is 10.7 Å². The number of nitrogens with one attached hydrogen (secondary N) is 1. The van der Waals surface area contributed by atoms with Crippen LogP contribution in [-0.4, -0.2) is 51.2 Å². The molecular weight excluding hydrogens is 460 g/mol. The van der Waals surface area contributed by atoms with E-state index < -0.39 is 15.4 Å². The van der Waals surface area contributed by atoms with Gasteiger partial charge in [-0.2, -0.15) is 8.42 Å². The molecule has 0 spiro atoms. The number of aryl methyl sites for hydroxylation is 1. The van der Waals surface area contributed by atoms with Crippen molar-refractivity contribution in [3.63, 3.8) is 0 Å². The number of carbonyl (C=O) groups excluding carboxylic acids is 1. The van der Waals surface area contributed by atoms with Crippen molar-refractivity contribution in [2.45, 2.75) is 38.5 Å². The number of sulfonamides is 1. The zero-order valence-corrected chi connectivity index (χ0v) is 20.7. The van der Waals surface area contributed by atoms with Gasteiger partial charge in [0.2, 0.25) is 5.91 Å². The maximum absolute atomic E-state index is 13.1. The third-order valence-corrected chi connectivity index (χ3v) is 7.70. The molecule has 4 rings (SSSR count). The first-order valence-corrected chi connectivity index (χ1v) is 12.8. The normalized spacial score (nSPS) is 17.8. The molecule has 7 nitrogen and oxygen atoms in total. The van der Waals surface area contributed by atoms with Gasteiger partial charge in [0.15, 0.2) is 0 Å². The molecule has 1 N–H and O–H groups in total. The second-order valence-corrected chi connectivity index (χ2v) is 11.5. The zero-order valence-electron chi connectivity index (χ0n) is 19.1. The molecule has 33 heavy (non-hydrogen) atoms. The minimum absolute atomic E-state index is 0.0714. The summed E-state index contributed by atoms with van der Waals surface area (Å²) in [7, 11) is -3.74. The summed E-state index contributed by atoms with van der Waals surface area (Å²) < 4.78 is 29.0. The number of hydrogen-bond donors (Lipinski definition) is 1.